The summed E-state index contributed by atoms with van der Waals surface area (Å²) in [7, 11) is 6.31. The van der Waals surface area contributed by atoms with E-state index in [1.165, 1.54) is 5.56 Å². The minimum atomic E-state index is 0. The molecule has 1 N–H and O–H groups in total. The average Bonchev–Trinajstić information content (AvgIpc) is 3.20. The standard InChI is InChI=1S/C21H34N6O2.HI/c1-22-21(23-13-18-15-24(2)6-7-25(18)3)27-10-8-26(9-11-27)14-17-4-5-19-20(12-17)29-16-28-19;/h4-5,12,18H,6-11,13-16H2,1-3H3,(H,22,23);1H. The third-order valence-corrected chi connectivity index (χ3v) is 6.20. The molecular weight excluding hydrogens is 495 g/mol. The largest absolute Gasteiger partial charge is 0.454 e. The second-order valence-electron chi connectivity index (χ2n) is 8.28. The van der Waals surface area contributed by atoms with Crippen LogP contribution in [-0.4, -0.2) is 112 Å². The highest BCUT2D eigenvalue weighted by molar-refractivity contribution is 14.0. The maximum atomic E-state index is 5.50. The van der Waals surface area contributed by atoms with Gasteiger partial charge in [-0.1, -0.05) is 6.07 Å². The predicted molar refractivity (Wildman–Crippen MR) is 130 cm³/mol. The highest BCUT2D eigenvalue weighted by atomic mass is 127. The molecule has 4 rings (SSSR count). The molecule has 0 bridgehead atoms. The second kappa shape index (κ2) is 10.8. The van der Waals surface area contributed by atoms with Crippen LogP contribution in [0.5, 0.6) is 11.5 Å². The molecule has 1 aromatic rings. The lowest BCUT2D eigenvalue weighted by atomic mass is 10.1. The summed E-state index contributed by atoms with van der Waals surface area (Å²) in [5.41, 5.74) is 1.27. The molecule has 9 heteroatoms. The quantitative estimate of drug-likeness (QED) is 0.354. The van der Waals surface area contributed by atoms with Crippen molar-refractivity contribution >= 4 is 29.9 Å². The van der Waals surface area contributed by atoms with Gasteiger partial charge in [0.2, 0.25) is 6.79 Å². The smallest absolute Gasteiger partial charge is 0.231 e. The Morgan fingerprint density at radius 2 is 1.83 bits per heavy atom. The van der Waals surface area contributed by atoms with Gasteiger partial charge in [-0.3, -0.25) is 14.8 Å². The molecule has 3 aliphatic rings. The van der Waals surface area contributed by atoms with Crippen LogP contribution in [0.25, 0.3) is 0 Å². The van der Waals surface area contributed by atoms with Crippen molar-refractivity contribution < 1.29 is 9.47 Å². The van der Waals surface area contributed by atoms with Gasteiger partial charge in [0.15, 0.2) is 17.5 Å². The number of hydrogen-bond acceptors (Lipinski definition) is 6. The van der Waals surface area contributed by atoms with Crippen molar-refractivity contribution in [2.24, 2.45) is 4.99 Å². The Morgan fingerprint density at radius 3 is 2.60 bits per heavy atom. The first-order valence-corrected chi connectivity index (χ1v) is 10.6. The number of nitrogens with zero attached hydrogens (tertiary/aromatic N) is 5. The molecule has 30 heavy (non-hydrogen) atoms. The molecule has 0 radical (unpaired) electrons. The number of fused-ring (bicyclic) bond motifs is 1. The van der Waals surface area contributed by atoms with Crippen LogP contribution in [0.15, 0.2) is 23.2 Å². The van der Waals surface area contributed by atoms with Crippen LogP contribution in [-0.2, 0) is 6.54 Å². The van der Waals surface area contributed by atoms with E-state index >= 15 is 0 Å². The van der Waals surface area contributed by atoms with Gasteiger partial charge >= 0.3 is 0 Å². The van der Waals surface area contributed by atoms with Crippen molar-refractivity contribution in [3.05, 3.63) is 23.8 Å². The Kier molecular flexibility index (Phi) is 8.44. The lowest BCUT2D eigenvalue weighted by Gasteiger charge is -2.40. The summed E-state index contributed by atoms with van der Waals surface area (Å²) in [5, 5.41) is 3.61. The number of ether oxygens (including phenoxy) is 2. The fourth-order valence-corrected chi connectivity index (χ4v) is 4.28. The zero-order valence-electron chi connectivity index (χ0n) is 18.3. The summed E-state index contributed by atoms with van der Waals surface area (Å²) in [4.78, 5) is 14.3. The molecule has 2 saturated heterocycles. The first-order valence-electron chi connectivity index (χ1n) is 10.6. The lowest BCUT2D eigenvalue weighted by Crippen LogP contribution is -2.57. The SMILES string of the molecule is CN=C(NCC1CN(C)CCN1C)N1CCN(Cc2ccc3c(c2)OCO3)CC1.I. The molecular formula is C21H35IN6O2. The topological polar surface area (TPSA) is 55.8 Å². The average molecular weight is 530 g/mol. The monoisotopic (exact) mass is 530 g/mol. The summed E-state index contributed by atoms with van der Waals surface area (Å²) in [6.07, 6.45) is 0. The van der Waals surface area contributed by atoms with Crippen LogP contribution >= 0.6 is 24.0 Å². The number of likely N-dealkylation sites (N-methyl/N-ethyl adjacent to an activating group) is 2. The fraction of sp³-hybridized carbons (Fsp3) is 0.667. The summed E-state index contributed by atoms with van der Waals surface area (Å²) < 4.78 is 10.9. The number of hydrogen-bond donors (Lipinski definition) is 1. The van der Waals surface area contributed by atoms with Gasteiger partial charge in [-0.25, -0.2) is 0 Å². The number of halogens is 1. The highest BCUT2D eigenvalue weighted by Gasteiger charge is 2.24. The van der Waals surface area contributed by atoms with Gasteiger partial charge in [-0.15, -0.1) is 24.0 Å². The van der Waals surface area contributed by atoms with Crippen LogP contribution in [0.3, 0.4) is 0 Å². The fourth-order valence-electron chi connectivity index (χ4n) is 4.28. The van der Waals surface area contributed by atoms with Crippen LogP contribution in [0.4, 0.5) is 0 Å². The van der Waals surface area contributed by atoms with E-state index < -0.39 is 0 Å². The van der Waals surface area contributed by atoms with Gasteiger partial charge in [0.25, 0.3) is 0 Å². The summed E-state index contributed by atoms with van der Waals surface area (Å²) in [6, 6.07) is 6.78. The molecule has 3 aliphatic heterocycles. The van der Waals surface area contributed by atoms with Crippen molar-refractivity contribution in [1.82, 2.24) is 24.9 Å². The normalized spacial score (nSPS) is 23.4. The van der Waals surface area contributed by atoms with Crippen LogP contribution < -0.4 is 14.8 Å². The molecule has 0 spiro atoms. The van der Waals surface area contributed by atoms with Gasteiger partial charge in [-0.2, -0.15) is 0 Å². The molecule has 1 atom stereocenters. The summed E-state index contributed by atoms with van der Waals surface area (Å²) in [5.74, 6) is 2.74. The second-order valence-corrected chi connectivity index (χ2v) is 8.28. The van der Waals surface area contributed by atoms with Crippen LogP contribution in [0.1, 0.15) is 5.56 Å². The van der Waals surface area contributed by atoms with Crippen molar-refractivity contribution in [1.29, 1.82) is 0 Å². The van der Waals surface area contributed by atoms with E-state index in [4.69, 9.17) is 9.47 Å². The Hall–Kier alpha value is -1.30. The maximum Gasteiger partial charge on any atom is 0.231 e. The first kappa shape index (κ1) is 23.4. The van der Waals surface area contributed by atoms with Crippen molar-refractivity contribution in [2.45, 2.75) is 12.6 Å². The Morgan fingerprint density at radius 1 is 1.07 bits per heavy atom. The lowest BCUT2D eigenvalue weighted by molar-refractivity contribution is 0.115. The predicted octanol–water partition coefficient (Wildman–Crippen LogP) is 0.972. The van der Waals surface area contributed by atoms with E-state index in [0.717, 1.165) is 76.4 Å². The van der Waals surface area contributed by atoms with E-state index in [2.05, 4.69) is 56.1 Å². The minimum absolute atomic E-state index is 0. The molecule has 0 aliphatic carbocycles. The van der Waals surface area contributed by atoms with E-state index in [0.29, 0.717) is 12.8 Å². The van der Waals surface area contributed by atoms with Crippen molar-refractivity contribution in [3.8, 4) is 11.5 Å². The maximum absolute atomic E-state index is 5.50. The number of rotatable bonds is 4. The molecule has 0 amide bonds. The number of guanidine groups is 1. The third-order valence-electron chi connectivity index (χ3n) is 6.20. The molecule has 1 aromatic carbocycles. The number of piperazine rings is 2. The van der Waals surface area contributed by atoms with Crippen molar-refractivity contribution in [2.75, 3.05) is 80.3 Å². The van der Waals surface area contributed by atoms with Gasteiger partial charge in [0.05, 0.1) is 0 Å². The molecule has 3 heterocycles. The molecule has 0 aromatic heterocycles. The van der Waals surface area contributed by atoms with E-state index in [1.807, 2.05) is 13.1 Å². The summed E-state index contributed by atoms with van der Waals surface area (Å²) >= 11 is 0. The number of aliphatic imine (C=N–C) groups is 1. The van der Waals surface area contributed by atoms with E-state index in [9.17, 15) is 0 Å². The Labute approximate surface area is 197 Å². The van der Waals surface area contributed by atoms with E-state index in [1.54, 1.807) is 0 Å². The Balaban J connectivity index is 0.00000256. The zero-order valence-corrected chi connectivity index (χ0v) is 20.7. The first-order chi connectivity index (χ1) is 14.1. The number of benzene rings is 1. The molecule has 2 fully saturated rings. The van der Waals surface area contributed by atoms with Crippen molar-refractivity contribution in [3.63, 3.8) is 0 Å². The van der Waals surface area contributed by atoms with Gasteiger partial charge in [0.1, 0.15) is 0 Å². The highest BCUT2D eigenvalue weighted by Crippen LogP contribution is 2.32. The minimum Gasteiger partial charge on any atom is -0.454 e. The van der Waals surface area contributed by atoms with Gasteiger partial charge in [-0.05, 0) is 31.8 Å². The molecule has 8 nitrogen and oxygen atoms in total. The summed E-state index contributed by atoms with van der Waals surface area (Å²) in [6.45, 7) is 9.62. The van der Waals surface area contributed by atoms with Gasteiger partial charge in [0, 0.05) is 72.0 Å². The third kappa shape index (κ3) is 5.68. The molecule has 0 saturated carbocycles. The van der Waals surface area contributed by atoms with Crippen LogP contribution in [0, 0.1) is 0 Å². The van der Waals surface area contributed by atoms with Crippen LogP contribution in [0.2, 0.25) is 0 Å². The molecule has 1 unspecified atom stereocenters. The number of nitrogens with one attached hydrogen (secondary N) is 1. The Bertz CT molecular complexity index is 725. The van der Waals surface area contributed by atoms with Gasteiger partial charge < -0.3 is 24.6 Å². The molecule has 168 valence electrons. The van der Waals surface area contributed by atoms with E-state index in [-0.39, 0.29) is 24.0 Å². The zero-order chi connectivity index (χ0) is 20.2.